The fourth-order valence-electron chi connectivity index (χ4n) is 2.98. The lowest BCUT2D eigenvalue weighted by Crippen LogP contribution is -2.23. The quantitative estimate of drug-likeness (QED) is 0.631. The highest BCUT2D eigenvalue weighted by molar-refractivity contribution is 8.00. The fourth-order valence-corrected chi connectivity index (χ4v) is 3.98. The van der Waals surface area contributed by atoms with Gasteiger partial charge in [0, 0.05) is 25.4 Å². The van der Waals surface area contributed by atoms with E-state index in [-0.39, 0.29) is 5.91 Å². The number of thioether (sulfide) groups is 1. The first-order valence-corrected chi connectivity index (χ1v) is 9.23. The number of nitrogens with zero attached hydrogens (tertiary/aromatic N) is 3. The number of para-hydroxylation sites is 1. The minimum atomic E-state index is 0.108. The lowest BCUT2D eigenvalue weighted by Gasteiger charge is -2.21. The van der Waals surface area contributed by atoms with Crippen LogP contribution in [-0.4, -0.2) is 40.6 Å². The van der Waals surface area contributed by atoms with Gasteiger partial charge in [-0.05, 0) is 18.9 Å². The highest BCUT2D eigenvalue weighted by Crippen LogP contribution is 2.33. The monoisotopic (exact) mass is 329 g/mol. The third kappa shape index (κ3) is 3.83. The van der Waals surface area contributed by atoms with Gasteiger partial charge in [0.2, 0.25) is 5.91 Å². The Kier molecular flexibility index (Phi) is 5.16. The normalized spacial score (nSPS) is 15.7. The molecule has 1 aromatic heterocycles. The van der Waals surface area contributed by atoms with Gasteiger partial charge in [0.1, 0.15) is 10.9 Å². The fraction of sp³-hybridized carbons (Fsp3) is 0.500. The Hall–Kier alpha value is -1.62. The van der Waals surface area contributed by atoms with Crippen molar-refractivity contribution in [3.05, 3.63) is 30.1 Å². The second-order valence-corrected chi connectivity index (χ2v) is 7.28. The molecule has 0 radical (unpaired) electrons. The molecule has 0 bridgehead atoms. The van der Waals surface area contributed by atoms with E-state index in [9.17, 15) is 4.79 Å². The molecule has 1 aromatic carbocycles. The Morgan fingerprint density at radius 3 is 2.65 bits per heavy atom. The maximum Gasteiger partial charge on any atom is 0.232 e. The number of hydrogen-bond acceptors (Lipinski definition) is 4. The van der Waals surface area contributed by atoms with Crippen LogP contribution in [0.4, 0.5) is 0 Å². The van der Waals surface area contributed by atoms with Crippen molar-refractivity contribution >= 4 is 28.6 Å². The Bertz CT molecular complexity index is 696. The summed E-state index contributed by atoms with van der Waals surface area (Å²) in [5.41, 5.74) is 0.989. The smallest absolute Gasteiger partial charge is 0.232 e. The second kappa shape index (κ2) is 7.30. The number of hydrogen-bond donors (Lipinski definition) is 0. The number of carbonyl (C=O) groups excluding carboxylic acids is 1. The van der Waals surface area contributed by atoms with Crippen LogP contribution in [0.1, 0.15) is 43.8 Å². The van der Waals surface area contributed by atoms with Crippen LogP contribution < -0.4 is 0 Å². The van der Waals surface area contributed by atoms with Gasteiger partial charge in [0.05, 0.1) is 11.3 Å². The minimum Gasteiger partial charge on any atom is -0.348 e. The Balaban J connectivity index is 1.92. The van der Waals surface area contributed by atoms with Crippen molar-refractivity contribution < 1.29 is 4.79 Å². The summed E-state index contributed by atoms with van der Waals surface area (Å²) in [7, 11) is 3.57. The maximum atomic E-state index is 11.9. The second-order valence-electron chi connectivity index (χ2n) is 6.32. The predicted octanol–water partition coefficient (Wildman–Crippen LogP) is 3.86. The standard InChI is InChI=1S/C18H23N3OS/c1-21(2)16(22)12-23-18-14-10-6-7-11-15(14)19-17(20-18)13-8-4-3-5-9-13/h6-7,10-11,13H,3-5,8-9,12H2,1-2H3. The Morgan fingerprint density at radius 1 is 1.17 bits per heavy atom. The van der Waals surface area contributed by atoms with Gasteiger partial charge < -0.3 is 4.90 Å². The van der Waals surface area contributed by atoms with Gasteiger partial charge in [0.25, 0.3) is 0 Å². The first-order valence-electron chi connectivity index (χ1n) is 8.25. The zero-order valence-electron chi connectivity index (χ0n) is 13.8. The Morgan fingerprint density at radius 2 is 1.91 bits per heavy atom. The van der Waals surface area contributed by atoms with Gasteiger partial charge in [-0.2, -0.15) is 0 Å². The summed E-state index contributed by atoms with van der Waals surface area (Å²) in [5, 5.41) is 1.98. The molecule has 2 aromatic rings. The van der Waals surface area contributed by atoms with Crippen molar-refractivity contribution in [1.29, 1.82) is 0 Å². The highest BCUT2D eigenvalue weighted by atomic mass is 32.2. The van der Waals surface area contributed by atoms with E-state index in [2.05, 4.69) is 0 Å². The van der Waals surface area contributed by atoms with Crippen molar-refractivity contribution in [2.45, 2.75) is 43.0 Å². The molecule has 1 aliphatic carbocycles. The van der Waals surface area contributed by atoms with Gasteiger partial charge >= 0.3 is 0 Å². The van der Waals surface area contributed by atoms with Gasteiger partial charge in [-0.1, -0.05) is 49.2 Å². The molecule has 0 atom stereocenters. The Labute approximate surface area is 141 Å². The molecule has 0 saturated heterocycles. The summed E-state index contributed by atoms with van der Waals surface area (Å²) in [4.78, 5) is 23.2. The molecule has 1 heterocycles. The molecule has 3 rings (SSSR count). The van der Waals surface area contributed by atoms with Gasteiger partial charge in [-0.15, -0.1) is 0 Å². The molecule has 0 N–H and O–H groups in total. The summed E-state index contributed by atoms with van der Waals surface area (Å²) >= 11 is 1.52. The zero-order chi connectivity index (χ0) is 16.2. The number of carbonyl (C=O) groups is 1. The molecule has 1 aliphatic rings. The van der Waals surface area contributed by atoms with E-state index < -0.39 is 0 Å². The first-order chi connectivity index (χ1) is 11.1. The zero-order valence-corrected chi connectivity index (χ0v) is 14.6. The largest absolute Gasteiger partial charge is 0.348 e. The van der Waals surface area contributed by atoms with Crippen molar-refractivity contribution in [1.82, 2.24) is 14.9 Å². The molecule has 5 heteroatoms. The first kappa shape index (κ1) is 16.2. The number of amides is 1. The van der Waals surface area contributed by atoms with Crippen LogP contribution in [0.15, 0.2) is 29.3 Å². The molecular weight excluding hydrogens is 306 g/mol. The molecule has 0 aliphatic heterocycles. The number of fused-ring (bicyclic) bond motifs is 1. The number of rotatable bonds is 4. The van der Waals surface area contributed by atoms with Crippen LogP contribution in [0.2, 0.25) is 0 Å². The molecule has 122 valence electrons. The molecular formula is C18H23N3OS. The maximum absolute atomic E-state index is 11.9. The average molecular weight is 329 g/mol. The molecule has 4 nitrogen and oxygen atoms in total. The minimum absolute atomic E-state index is 0.108. The topological polar surface area (TPSA) is 46.1 Å². The summed E-state index contributed by atoms with van der Waals surface area (Å²) in [6.07, 6.45) is 6.21. The molecule has 1 saturated carbocycles. The molecule has 1 amide bonds. The summed E-state index contributed by atoms with van der Waals surface area (Å²) in [6.45, 7) is 0. The molecule has 0 spiro atoms. The van der Waals surface area contributed by atoms with Crippen LogP contribution in [0, 0.1) is 0 Å². The van der Waals surface area contributed by atoms with E-state index in [0.717, 1.165) is 21.8 Å². The predicted molar refractivity (Wildman–Crippen MR) is 94.8 cm³/mol. The third-order valence-electron chi connectivity index (χ3n) is 4.39. The van der Waals surface area contributed by atoms with Crippen LogP contribution in [0.5, 0.6) is 0 Å². The third-order valence-corrected chi connectivity index (χ3v) is 5.36. The number of benzene rings is 1. The van der Waals surface area contributed by atoms with E-state index in [1.807, 2.05) is 24.3 Å². The SMILES string of the molecule is CN(C)C(=O)CSc1nc(C2CCCCC2)nc2ccccc12. The van der Waals surface area contributed by atoms with Gasteiger partial charge in [0.15, 0.2) is 0 Å². The van der Waals surface area contributed by atoms with Gasteiger partial charge in [-0.25, -0.2) is 9.97 Å². The molecule has 0 unspecified atom stereocenters. The van der Waals surface area contributed by atoms with Crippen molar-refractivity contribution in [3.63, 3.8) is 0 Å². The summed E-state index contributed by atoms with van der Waals surface area (Å²) in [6, 6.07) is 8.10. The van der Waals surface area contributed by atoms with Crippen LogP contribution in [-0.2, 0) is 4.79 Å². The average Bonchev–Trinajstić information content (AvgIpc) is 2.59. The summed E-state index contributed by atoms with van der Waals surface area (Å²) in [5.74, 6) is 1.95. The molecule has 23 heavy (non-hydrogen) atoms. The van der Waals surface area contributed by atoms with Crippen molar-refractivity contribution in [2.24, 2.45) is 0 Å². The molecule has 1 fully saturated rings. The number of aromatic nitrogens is 2. The van der Waals surface area contributed by atoms with Crippen LogP contribution >= 0.6 is 11.8 Å². The van der Waals surface area contributed by atoms with Crippen molar-refractivity contribution in [2.75, 3.05) is 19.8 Å². The van der Waals surface area contributed by atoms with Crippen molar-refractivity contribution in [3.8, 4) is 0 Å². The van der Waals surface area contributed by atoms with Crippen LogP contribution in [0.25, 0.3) is 10.9 Å². The summed E-state index contributed by atoms with van der Waals surface area (Å²) < 4.78 is 0. The van der Waals surface area contributed by atoms with E-state index in [0.29, 0.717) is 11.7 Å². The highest BCUT2D eigenvalue weighted by Gasteiger charge is 2.20. The van der Waals surface area contributed by atoms with E-state index >= 15 is 0 Å². The van der Waals surface area contributed by atoms with Crippen LogP contribution in [0.3, 0.4) is 0 Å². The van der Waals surface area contributed by atoms with E-state index in [1.54, 1.807) is 19.0 Å². The van der Waals surface area contributed by atoms with Gasteiger partial charge in [-0.3, -0.25) is 4.79 Å². The van der Waals surface area contributed by atoms with E-state index in [4.69, 9.17) is 9.97 Å². The lowest BCUT2D eigenvalue weighted by molar-refractivity contribution is -0.125. The lowest BCUT2D eigenvalue weighted by atomic mass is 9.88. The van der Waals surface area contributed by atoms with E-state index in [1.165, 1.54) is 43.9 Å².